The first-order valence-electron chi connectivity index (χ1n) is 8.97. The molecule has 1 aliphatic rings. The average molecular weight is 511 g/mol. The molecule has 1 heterocycles. The summed E-state index contributed by atoms with van der Waals surface area (Å²) >= 11 is 3.78. The lowest BCUT2D eigenvalue weighted by Gasteiger charge is -2.30. The zero-order valence-corrected chi connectivity index (χ0v) is 19.8. The molecule has 0 aliphatic heterocycles. The number of nitrogens with zero attached hydrogens (tertiary/aromatic N) is 2. The van der Waals surface area contributed by atoms with Crippen molar-refractivity contribution in [1.29, 1.82) is 0 Å². The zero-order valence-electron chi connectivity index (χ0n) is 15.9. The van der Waals surface area contributed by atoms with Gasteiger partial charge < -0.3 is 15.5 Å². The third-order valence-corrected chi connectivity index (χ3v) is 6.36. The molecule has 2 rings (SSSR count). The third kappa shape index (κ3) is 8.47. The molecular weight excluding hydrogens is 479 g/mol. The molecule has 0 saturated heterocycles. The Morgan fingerprint density at radius 3 is 2.88 bits per heavy atom. The van der Waals surface area contributed by atoms with Crippen LogP contribution >= 0.6 is 47.1 Å². The molecule has 2 N–H and O–H groups in total. The molecule has 1 aliphatic carbocycles. The van der Waals surface area contributed by atoms with E-state index in [0.717, 1.165) is 17.8 Å². The molecule has 2 atom stereocenters. The summed E-state index contributed by atoms with van der Waals surface area (Å²) in [5.41, 5.74) is 0. The molecule has 0 radical (unpaired) electrons. The molecule has 1 amide bonds. The first-order valence-corrected chi connectivity index (χ1v) is 10.9. The van der Waals surface area contributed by atoms with Gasteiger partial charge in [0.1, 0.15) is 6.54 Å². The number of hydrogen-bond acceptors (Lipinski definition) is 4. The maximum Gasteiger partial charge on any atom is 0.243 e. The number of amides is 1. The summed E-state index contributed by atoms with van der Waals surface area (Å²) < 4.78 is 0. The van der Waals surface area contributed by atoms with Gasteiger partial charge in [0, 0.05) is 30.3 Å². The van der Waals surface area contributed by atoms with Crippen LogP contribution in [0.5, 0.6) is 0 Å². The minimum absolute atomic E-state index is 0. The van der Waals surface area contributed by atoms with E-state index in [4.69, 9.17) is 0 Å². The molecule has 5 nitrogen and oxygen atoms in total. The Hall–Kier alpha value is -0.480. The van der Waals surface area contributed by atoms with Gasteiger partial charge in [-0.15, -0.1) is 35.3 Å². The van der Waals surface area contributed by atoms with Gasteiger partial charge in [-0.1, -0.05) is 19.4 Å². The van der Waals surface area contributed by atoms with Crippen molar-refractivity contribution in [2.24, 2.45) is 4.99 Å². The van der Waals surface area contributed by atoms with E-state index in [0.29, 0.717) is 6.04 Å². The van der Waals surface area contributed by atoms with Gasteiger partial charge in [-0.2, -0.15) is 11.8 Å². The summed E-state index contributed by atoms with van der Waals surface area (Å²) in [6.07, 6.45) is 4.90. The number of halogens is 1. The van der Waals surface area contributed by atoms with Crippen LogP contribution in [-0.4, -0.2) is 54.5 Å². The maximum atomic E-state index is 11.9. The number of thiophene rings is 1. The van der Waals surface area contributed by atoms with Gasteiger partial charge in [0.15, 0.2) is 5.96 Å². The van der Waals surface area contributed by atoms with E-state index in [1.54, 1.807) is 30.3 Å². The van der Waals surface area contributed by atoms with Crippen molar-refractivity contribution in [3.8, 4) is 0 Å². The lowest BCUT2D eigenvalue weighted by atomic mass is 9.95. The Kier molecular flexibility index (Phi) is 11.6. The standard InChI is InChI=1S/C18H30N4OS2.HI/c1-4-24-15-8-5-7-14(11-15)21-18(20-13-17(23)22(2)3)19-12-16-9-6-10-25-16;/h6,9-10,14-15H,4-5,7-8,11-13H2,1-3H3,(H2,19,20,21);1H. The molecule has 1 aromatic rings. The minimum atomic E-state index is 0. The molecule has 0 bridgehead atoms. The van der Waals surface area contributed by atoms with Gasteiger partial charge in [-0.3, -0.25) is 4.79 Å². The van der Waals surface area contributed by atoms with Crippen LogP contribution in [0, 0.1) is 0 Å². The Morgan fingerprint density at radius 1 is 1.42 bits per heavy atom. The SMILES string of the molecule is CCSC1CCCC(NC(=NCC(=O)N(C)C)NCc2cccs2)C1.I. The molecular formula is C18H31IN4OS2. The maximum absolute atomic E-state index is 11.9. The molecule has 26 heavy (non-hydrogen) atoms. The Morgan fingerprint density at radius 2 is 2.23 bits per heavy atom. The number of carbonyl (C=O) groups excluding carboxylic acids is 1. The molecule has 0 aromatic carbocycles. The first kappa shape index (κ1) is 23.6. The predicted molar refractivity (Wildman–Crippen MR) is 125 cm³/mol. The van der Waals surface area contributed by atoms with Crippen LogP contribution in [0.15, 0.2) is 22.5 Å². The largest absolute Gasteiger partial charge is 0.354 e. The van der Waals surface area contributed by atoms with E-state index < -0.39 is 0 Å². The van der Waals surface area contributed by atoms with Crippen LogP contribution in [0.25, 0.3) is 0 Å². The fraction of sp³-hybridized carbons (Fsp3) is 0.667. The molecule has 2 unspecified atom stereocenters. The lowest BCUT2D eigenvalue weighted by molar-refractivity contribution is -0.127. The van der Waals surface area contributed by atoms with E-state index in [9.17, 15) is 4.79 Å². The number of carbonyl (C=O) groups is 1. The highest BCUT2D eigenvalue weighted by molar-refractivity contribution is 14.0. The number of hydrogen-bond donors (Lipinski definition) is 2. The Balaban J connectivity index is 0.00000338. The smallest absolute Gasteiger partial charge is 0.243 e. The van der Waals surface area contributed by atoms with Crippen LogP contribution in [0.1, 0.15) is 37.5 Å². The highest BCUT2D eigenvalue weighted by Crippen LogP contribution is 2.28. The number of thioether (sulfide) groups is 1. The summed E-state index contributed by atoms with van der Waals surface area (Å²) in [6, 6.07) is 4.59. The summed E-state index contributed by atoms with van der Waals surface area (Å²) in [7, 11) is 3.52. The minimum Gasteiger partial charge on any atom is -0.354 e. The molecule has 1 aromatic heterocycles. The van der Waals surface area contributed by atoms with Crippen LogP contribution < -0.4 is 10.6 Å². The zero-order chi connectivity index (χ0) is 18.1. The summed E-state index contributed by atoms with van der Waals surface area (Å²) in [6.45, 7) is 3.14. The number of likely N-dealkylation sites (N-methyl/N-ethyl adjacent to an activating group) is 1. The highest BCUT2D eigenvalue weighted by atomic mass is 127. The Labute approximate surface area is 182 Å². The predicted octanol–water partition coefficient (Wildman–Crippen LogP) is 3.55. The van der Waals surface area contributed by atoms with Gasteiger partial charge in [-0.05, 0) is 36.5 Å². The first-order chi connectivity index (χ1) is 12.1. The third-order valence-electron chi connectivity index (χ3n) is 4.25. The van der Waals surface area contributed by atoms with Crippen molar-refractivity contribution in [3.05, 3.63) is 22.4 Å². The van der Waals surface area contributed by atoms with Gasteiger partial charge >= 0.3 is 0 Å². The topological polar surface area (TPSA) is 56.7 Å². The van der Waals surface area contributed by atoms with Gasteiger partial charge in [0.2, 0.25) is 5.91 Å². The van der Waals surface area contributed by atoms with Gasteiger partial charge in [0.05, 0.1) is 6.54 Å². The molecule has 0 spiro atoms. The van der Waals surface area contributed by atoms with Crippen LogP contribution in [0.4, 0.5) is 0 Å². The molecule has 8 heteroatoms. The fourth-order valence-electron chi connectivity index (χ4n) is 2.88. The van der Waals surface area contributed by atoms with Crippen molar-refractivity contribution in [2.75, 3.05) is 26.4 Å². The average Bonchev–Trinajstić information content (AvgIpc) is 3.11. The molecule has 1 saturated carbocycles. The lowest BCUT2D eigenvalue weighted by Crippen LogP contribution is -2.46. The van der Waals surface area contributed by atoms with Crippen molar-refractivity contribution in [1.82, 2.24) is 15.5 Å². The van der Waals surface area contributed by atoms with E-state index in [1.807, 2.05) is 0 Å². The van der Waals surface area contributed by atoms with Gasteiger partial charge in [-0.25, -0.2) is 4.99 Å². The van der Waals surface area contributed by atoms with Crippen LogP contribution in [0.3, 0.4) is 0 Å². The Bertz CT molecular complexity index is 549. The van der Waals surface area contributed by atoms with E-state index in [1.165, 1.54) is 36.3 Å². The summed E-state index contributed by atoms with van der Waals surface area (Å²) in [4.78, 5) is 19.2. The number of guanidine groups is 1. The summed E-state index contributed by atoms with van der Waals surface area (Å²) in [5, 5.41) is 9.75. The van der Waals surface area contributed by atoms with Crippen LogP contribution in [0.2, 0.25) is 0 Å². The number of aliphatic imine (C=N–C) groups is 1. The number of rotatable bonds is 7. The van der Waals surface area contributed by atoms with Crippen molar-refractivity contribution >= 4 is 58.9 Å². The second-order valence-electron chi connectivity index (χ2n) is 6.47. The second-order valence-corrected chi connectivity index (χ2v) is 9.08. The number of nitrogens with one attached hydrogen (secondary N) is 2. The van der Waals surface area contributed by atoms with Gasteiger partial charge in [0.25, 0.3) is 0 Å². The quantitative estimate of drug-likeness (QED) is 0.335. The summed E-state index contributed by atoms with van der Waals surface area (Å²) in [5.74, 6) is 1.93. The van der Waals surface area contributed by atoms with Crippen molar-refractivity contribution in [2.45, 2.75) is 50.4 Å². The van der Waals surface area contributed by atoms with E-state index in [-0.39, 0.29) is 36.4 Å². The fourth-order valence-corrected chi connectivity index (χ4v) is 4.70. The molecule has 1 fully saturated rings. The van der Waals surface area contributed by atoms with Crippen molar-refractivity contribution in [3.63, 3.8) is 0 Å². The highest BCUT2D eigenvalue weighted by Gasteiger charge is 2.22. The van der Waals surface area contributed by atoms with Crippen LogP contribution in [-0.2, 0) is 11.3 Å². The van der Waals surface area contributed by atoms with E-state index >= 15 is 0 Å². The molecule has 148 valence electrons. The van der Waals surface area contributed by atoms with Crippen molar-refractivity contribution < 1.29 is 4.79 Å². The van der Waals surface area contributed by atoms with E-state index in [2.05, 4.69) is 51.8 Å². The second kappa shape index (κ2) is 12.8. The normalized spacial score (nSPS) is 20.2. The monoisotopic (exact) mass is 510 g/mol.